The molecule has 0 radical (unpaired) electrons. The van der Waals surface area contributed by atoms with E-state index in [1.807, 2.05) is 0 Å². The van der Waals surface area contributed by atoms with E-state index in [2.05, 4.69) is 19.2 Å². The second-order valence-electron chi connectivity index (χ2n) is 5.65. The van der Waals surface area contributed by atoms with Crippen molar-refractivity contribution >= 4 is 11.6 Å². The number of hydrogen-bond acceptors (Lipinski definition) is 3. The minimum atomic E-state index is -0.0747. The summed E-state index contributed by atoms with van der Waals surface area (Å²) >= 11 is 0. The van der Waals surface area contributed by atoms with Crippen LogP contribution in [0.5, 0.6) is 5.75 Å². The average Bonchev–Trinajstić information content (AvgIpc) is 3.15. The van der Waals surface area contributed by atoms with Crippen LogP contribution in [0.2, 0.25) is 0 Å². The lowest BCUT2D eigenvalue weighted by Crippen LogP contribution is -2.35. The zero-order valence-electron chi connectivity index (χ0n) is 11.6. The third kappa shape index (κ3) is 3.63. The van der Waals surface area contributed by atoms with Gasteiger partial charge in [-0.3, -0.25) is 4.79 Å². The number of amides is 1. The van der Waals surface area contributed by atoms with E-state index in [0.717, 1.165) is 6.54 Å². The number of benzene rings is 1. The van der Waals surface area contributed by atoms with Gasteiger partial charge in [0.15, 0.2) is 6.61 Å². The van der Waals surface area contributed by atoms with Gasteiger partial charge in [0.05, 0.1) is 0 Å². The predicted molar refractivity (Wildman–Crippen MR) is 75.9 cm³/mol. The van der Waals surface area contributed by atoms with Crippen molar-refractivity contribution in [3.8, 4) is 5.75 Å². The number of hydrogen-bond donors (Lipinski definition) is 2. The molecule has 1 aliphatic rings. The van der Waals surface area contributed by atoms with Crippen LogP contribution in [0.15, 0.2) is 24.3 Å². The van der Waals surface area contributed by atoms with E-state index in [9.17, 15) is 4.79 Å². The first-order valence-electron chi connectivity index (χ1n) is 6.77. The molecule has 4 nitrogen and oxygen atoms in total. The fraction of sp³-hybridized carbons (Fsp3) is 0.533. The summed E-state index contributed by atoms with van der Waals surface area (Å²) in [5.41, 5.74) is 6.60. The Labute approximate surface area is 114 Å². The maximum Gasteiger partial charge on any atom is 0.257 e. The molecule has 0 aromatic heterocycles. The molecule has 1 saturated carbocycles. The molecule has 1 aliphatic carbocycles. The van der Waals surface area contributed by atoms with Crippen LogP contribution in [0.3, 0.4) is 0 Å². The molecule has 3 N–H and O–H groups in total. The summed E-state index contributed by atoms with van der Waals surface area (Å²) in [5.74, 6) is 1.16. The van der Waals surface area contributed by atoms with E-state index in [1.54, 1.807) is 24.3 Å². The van der Waals surface area contributed by atoms with Crippen molar-refractivity contribution in [2.45, 2.75) is 26.7 Å². The Morgan fingerprint density at radius 1 is 1.47 bits per heavy atom. The van der Waals surface area contributed by atoms with Crippen LogP contribution < -0.4 is 15.8 Å². The Morgan fingerprint density at radius 2 is 2.21 bits per heavy atom. The maximum atomic E-state index is 11.7. The first-order valence-corrected chi connectivity index (χ1v) is 6.77. The van der Waals surface area contributed by atoms with E-state index < -0.39 is 0 Å². The number of nitrogens with two attached hydrogens (primary N) is 1. The predicted octanol–water partition coefficient (Wildman–Crippen LogP) is 2.20. The van der Waals surface area contributed by atoms with E-state index >= 15 is 0 Å². The molecule has 1 aromatic carbocycles. The van der Waals surface area contributed by atoms with Gasteiger partial charge in [-0.15, -0.1) is 0 Å². The monoisotopic (exact) mass is 262 g/mol. The summed E-state index contributed by atoms with van der Waals surface area (Å²) in [4.78, 5) is 11.7. The highest BCUT2D eigenvalue weighted by molar-refractivity contribution is 5.77. The van der Waals surface area contributed by atoms with Crippen LogP contribution in [0.4, 0.5) is 5.69 Å². The largest absolute Gasteiger partial charge is 0.484 e. The lowest BCUT2D eigenvalue weighted by atomic mass is 9.92. The highest BCUT2D eigenvalue weighted by Gasteiger charge is 2.45. The van der Waals surface area contributed by atoms with Crippen LogP contribution in [0, 0.1) is 11.3 Å². The smallest absolute Gasteiger partial charge is 0.257 e. The Bertz CT molecular complexity index is 453. The molecule has 1 fully saturated rings. The summed E-state index contributed by atoms with van der Waals surface area (Å²) < 4.78 is 5.40. The molecule has 104 valence electrons. The number of carbonyl (C=O) groups is 1. The molecule has 1 amide bonds. The molecule has 0 bridgehead atoms. The molecule has 2 rings (SSSR count). The van der Waals surface area contributed by atoms with Crippen LogP contribution in [0.1, 0.15) is 26.7 Å². The normalized spacial score (nSPS) is 16.2. The molecule has 0 spiro atoms. The molecule has 1 aromatic rings. The number of ether oxygens (including phenoxy) is 1. The number of carbonyl (C=O) groups excluding carboxylic acids is 1. The zero-order chi connectivity index (χ0) is 13.9. The topological polar surface area (TPSA) is 64.3 Å². The minimum absolute atomic E-state index is 0.0393. The van der Waals surface area contributed by atoms with Gasteiger partial charge in [-0.1, -0.05) is 19.9 Å². The van der Waals surface area contributed by atoms with Gasteiger partial charge in [-0.05, 0) is 36.3 Å². The van der Waals surface area contributed by atoms with Gasteiger partial charge in [-0.25, -0.2) is 0 Å². The molecular formula is C15H22N2O2. The minimum Gasteiger partial charge on any atom is -0.484 e. The second-order valence-corrected chi connectivity index (χ2v) is 5.65. The zero-order valence-corrected chi connectivity index (χ0v) is 11.6. The van der Waals surface area contributed by atoms with Crippen LogP contribution in [0.25, 0.3) is 0 Å². The van der Waals surface area contributed by atoms with Gasteiger partial charge >= 0.3 is 0 Å². The molecule has 4 heteroatoms. The Morgan fingerprint density at radius 3 is 2.79 bits per heavy atom. The summed E-state index contributed by atoms with van der Waals surface area (Å²) in [6.45, 7) is 5.21. The van der Waals surface area contributed by atoms with Crippen LogP contribution >= 0.6 is 0 Å². The standard InChI is InChI=1S/C15H22N2O2/c1-11(2)15(6-7-15)10-17-14(18)9-19-13-5-3-4-12(16)8-13/h3-5,8,11H,6-7,9-10,16H2,1-2H3,(H,17,18). The molecule has 19 heavy (non-hydrogen) atoms. The van der Waals surface area contributed by atoms with Crippen LogP contribution in [-0.2, 0) is 4.79 Å². The molecule has 0 aliphatic heterocycles. The van der Waals surface area contributed by atoms with Crippen molar-refractivity contribution in [2.75, 3.05) is 18.9 Å². The lowest BCUT2D eigenvalue weighted by Gasteiger charge is -2.20. The van der Waals surface area contributed by atoms with Crippen molar-refractivity contribution in [1.29, 1.82) is 0 Å². The van der Waals surface area contributed by atoms with Gasteiger partial charge < -0.3 is 15.8 Å². The lowest BCUT2D eigenvalue weighted by molar-refractivity contribution is -0.123. The quantitative estimate of drug-likeness (QED) is 0.772. The fourth-order valence-corrected chi connectivity index (χ4v) is 2.20. The third-order valence-electron chi connectivity index (χ3n) is 3.98. The summed E-state index contributed by atoms with van der Waals surface area (Å²) in [6, 6.07) is 7.09. The van der Waals surface area contributed by atoms with E-state index in [4.69, 9.17) is 10.5 Å². The summed E-state index contributed by atoms with van der Waals surface area (Å²) in [6.07, 6.45) is 2.42. The van der Waals surface area contributed by atoms with Crippen molar-refractivity contribution in [2.24, 2.45) is 11.3 Å². The van der Waals surface area contributed by atoms with Crippen molar-refractivity contribution in [3.63, 3.8) is 0 Å². The van der Waals surface area contributed by atoms with E-state index in [-0.39, 0.29) is 12.5 Å². The maximum absolute atomic E-state index is 11.7. The summed E-state index contributed by atoms with van der Waals surface area (Å²) in [5, 5.41) is 2.96. The molecule has 0 heterocycles. The van der Waals surface area contributed by atoms with Gasteiger partial charge in [0, 0.05) is 18.3 Å². The summed E-state index contributed by atoms with van der Waals surface area (Å²) in [7, 11) is 0. The average molecular weight is 262 g/mol. The van der Waals surface area contributed by atoms with E-state index in [1.165, 1.54) is 12.8 Å². The van der Waals surface area contributed by atoms with Gasteiger partial charge in [0.25, 0.3) is 5.91 Å². The number of nitrogen functional groups attached to an aromatic ring is 1. The Balaban J connectivity index is 1.73. The van der Waals surface area contributed by atoms with Gasteiger partial charge in [0.2, 0.25) is 0 Å². The van der Waals surface area contributed by atoms with Crippen LogP contribution in [-0.4, -0.2) is 19.1 Å². The van der Waals surface area contributed by atoms with Crippen molar-refractivity contribution < 1.29 is 9.53 Å². The van der Waals surface area contributed by atoms with Gasteiger partial charge in [0.1, 0.15) is 5.75 Å². The number of nitrogens with one attached hydrogen (secondary N) is 1. The SMILES string of the molecule is CC(C)C1(CNC(=O)COc2cccc(N)c2)CC1. The highest BCUT2D eigenvalue weighted by atomic mass is 16.5. The number of rotatable bonds is 6. The van der Waals surface area contributed by atoms with Crippen molar-refractivity contribution in [3.05, 3.63) is 24.3 Å². The fourth-order valence-electron chi connectivity index (χ4n) is 2.20. The first kappa shape index (κ1) is 13.7. The third-order valence-corrected chi connectivity index (χ3v) is 3.98. The van der Waals surface area contributed by atoms with E-state index in [0.29, 0.717) is 22.8 Å². The van der Waals surface area contributed by atoms with Gasteiger partial charge in [-0.2, -0.15) is 0 Å². The number of anilines is 1. The van der Waals surface area contributed by atoms with Crippen molar-refractivity contribution in [1.82, 2.24) is 5.32 Å². The Kier molecular flexibility index (Phi) is 3.98. The molecule has 0 atom stereocenters. The molecule has 0 saturated heterocycles. The second kappa shape index (κ2) is 5.51. The molecular weight excluding hydrogens is 240 g/mol. The Hall–Kier alpha value is -1.71. The highest BCUT2D eigenvalue weighted by Crippen LogP contribution is 2.51. The first-order chi connectivity index (χ1) is 9.02. The molecule has 0 unspecified atom stereocenters.